The lowest BCUT2D eigenvalue weighted by Crippen LogP contribution is -2.24. The van der Waals surface area contributed by atoms with Gasteiger partial charge in [0.1, 0.15) is 17.4 Å². The highest BCUT2D eigenvalue weighted by Gasteiger charge is 2.26. The standard InChI is InChI=1S/C22H23F2N3OS/c1-14-15(12-25-26(14)2)13-27-9-8-21(18-6-4-16(23)10-19(18)24)29-22-11-17(28-3)5-7-20(22)27/h4-7,10-12,21H,8-9,13H2,1-3H3/t21-/m1/s1. The number of benzene rings is 2. The molecule has 7 heteroatoms. The largest absolute Gasteiger partial charge is 0.497 e. The van der Waals surface area contributed by atoms with Gasteiger partial charge in [-0.1, -0.05) is 6.07 Å². The molecule has 0 spiro atoms. The summed E-state index contributed by atoms with van der Waals surface area (Å²) in [5, 5.41) is 4.24. The summed E-state index contributed by atoms with van der Waals surface area (Å²) >= 11 is 1.60. The van der Waals surface area contributed by atoms with E-state index in [-0.39, 0.29) is 5.25 Å². The second-order valence-electron chi connectivity index (χ2n) is 7.20. The van der Waals surface area contributed by atoms with E-state index in [4.69, 9.17) is 4.74 Å². The van der Waals surface area contributed by atoms with Crippen LogP contribution >= 0.6 is 11.8 Å². The highest BCUT2D eigenvalue weighted by atomic mass is 32.2. The third kappa shape index (κ3) is 3.96. The van der Waals surface area contributed by atoms with Crippen LogP contribution in [0.15, 0.2) is 47.5 Å². The second kappa shape index (κ2) is 8.06. The second-order valence-corrected chi connectivity index (χ2v) is 8.44. The number of nitrogens with zero attached hydrogens (tertiary/aromatic N) is 3. The van der Waals surface area contributed by atoms with Crippen LogP contribution < -0.4 is 9.64 Å². The fraction of sp³-hybridized carbons (Fsp3) is 0.318. The maximum Gasteiger partial charge on any atom is 0.130 e. The van der Waals surface area contributed by atoms with Crippen LogP contribution in [0.5, 0.6) is 5.75 Å². The summed E-state index contributed by atoms with van der Waals surface area (Å²) in [7, 11) is 3.57. The van der Waals surface area contributed by atoms with Gasteiger partial charge < -0.3 is 9.64 Å². The van der Waals surface area contributed by atoms with Crippen LogP contribution in [0.3, 0.4) is 0 Å². The lowest BCUT2D eigenvalue weighted by molar-refractivity contribution is 0.413. The summed E-state index contributed by atoms with van der Waals surface area (Å²) in [5.41, 5.74) is 3.90. The summed E-state index contributed by atoms with van der Waals surface area (Å²) in [6.45, 7) is 3.53. The number of halogens is 2. The number of anilines is 1. The molecule has 0 radical (unpaired) electrons. The number of ether oxygens (including phenoxy) is 1. The molecule has 29 heavy (non-hydrogen) atoms. The van der Waals surface area contributed by atoms with E-state index < -0.39 is 11.6 Å². The third-order valence-electron chi connectivity index (χ3n) is 5.45. The number of thioether (sulfide) groups is 1. The van der Waals surface area contributed by atoms with E-state index >= 15 is 0 Å². The molecule has 0 bridgehead atoms. The topological polar surface area (TPSA) is 30.3 Å². The van der Waals surface area contributed by atoms with Crippen LogP contribution in [0.4, 0.5) is 14.5 Å². The zero-order valence-electron chi connectivity index (χ0n) is 16.7. The number of hydrogen-bond acceptors (Lipinski definition) is 4. The zero-order valence-corrected chi connectivity index (χ0v) is 17.5. The molecule has 4 rings (SSSR count). The Labute approximate surface area is 173 Å². The molecule has 0 saturated carbocycles. The Morgan fingerprint density at radius 2 is 2.03 bits per heavy atom. The van der Waals surface area contributed by atoms with Gasteiger partial charge in [0.2, 0.25) is 0 Å². The highest BCUT2D eigenvalue weighted by Crippen LogP contribution is 2.47. The van der Waals surface area contributed by atoms with E-state index in [1.165, 1.54) is 6.07 Å². The van der Waals surface area contributed by atoms with E-state index in [9.17, 15) is 8.78 Å². The molecule has 2 aromatic carbocycles. The molecular formula is C22H23F2N3OS. The fourth-order valence-corrected chi connectivity index (χ4v) is 4.98. The maximum atomic E-state index is 14.5. The van der Waals surface area contributed by atoms with E-state index in [2.05, 4.69) is 23.0 Å². The van der Waals surface area contributed by atoms with Crippen molar-refractivity contribution in [1.82, 2.24) is 9.78 Å². The number of aryl methyl sites for hydroxylation is 1. The highest BCUT2D eigenvalue weighted by molar-refractivity contribution is 7.99. The first kappa shape index (κ1) is 19.8. The van der Waals surface area contributed by atoms with E-state index in [1.54, 1.807) is 24.9 Å². The van der Waals surface area contributed by atoms with Crippen molar-refractivity contribution in [3.8, 4) is 5.75 Å². The SMILES string of the molecule is COc1ccc2c(c1)S[C@@H](c1ccc(F)cc1F)CCN2Cc1cnn(C)c1C. The van der Waals surface area contributed by atoms with Crippen LogP contribution in [-0.2, 0) is 13.6 Å². The number of rotatable bonds is 4. The van der Waals surface area contributed by atoms with Crippen molar-refractivity contribution in [2.75, 3.05) is 18.6 Å². The Balaban J connectivity index is 1.70. The van der Waals surface area contributed by atoms with Crippen LogP contribution in [0.25, 0.3) is 0 Å². The quantitative estimate of drug-likeness (QED) is 0.582. The first-order valence-electron chi connectivity index (χ1n) is 9.48. The molecule has 0 saturated heterocycles. The lowest BCUT2D eigenvalue weighted by atomic mass is 10.1. The Morgan fingerprint density at radius 3 is 2.72 bits per heavy atom. The van der Waals surface area contributed by atoms with Crippen molar-refractivity contribution < 1.29 is 13.5 Å². The van der Waals surface area contributed by atoms with Gasteiger partial charge >= 0.3 is 0 Å². The molecule has 0 amide bonds. The smallest absolute Gasteiger partial charge is 0.130 e. The van der Waals surface area contributed by atoms with Crippen LogP contribution in [-0.4, -0.2) is 23.4 Å². The molecule has 3 aromatic rings. The van der Waals surface area contributed by atoms with Gasteiger partial charge in [-0.05, 0) is 37.6 Å². The molecule has 0 N–H and O–H groups in total. The van der Waals surface area contributed by atoms with Crippen molar-refractivity contribution >= 4 is 17.4 Å². The average Bonchev–Trinajstić information content (AvgIpc) is 2.92. The summed E-state index contributed by atoms with van der Waals surface area (Å²) in [6, 6.07) is 9.83. The van der Waals surface area contributed by atoms with Gasteiger partial charge in [-0.25, -0.2) is 8.78 Å². The molecule has 4 nitrogen and oxygen atoms in total. The lowest BCUT2D eigenvalue weighted by Gasteiger charge is -2.24. The molecular weight excluding hydrogens is 392 g/mol. The number of aromatic nitrogens is 2. The van der Waals surface area contributed by atoms with Crippen molar-refractivity contribution in [3.63, 3.8) is 0 Å². The van der Waals surface area contributed by atoms with Crippen molar-refractivity contribution in [1.29, 1.82) is 0 Å². The van der Waals surface area contributed by atoms with Crippen molar-refractivity contribution in [2.24, 2.45) is 7.05 Å². The van der Waals surface area contributed by atoms with Crippen LogP contribution in [0, 0.1) is 18.6 Å². The molecule has 0 fully saturated rings. The predicted octanol–water partition coefficient (Wildman–Crippen LogP) is 5.26. The van der Waals surface area contributed by atoms with Crippen molar-refractivity contribution in [3.05, 3.63) is 71.1 Å². The van der Waals surface area contributed by atoms with Crippen LogP contribution in [0.2, 0.25) is 0 Å². The summed E-state index contributed by atoms with van der Waals surface area (Å²) in [6.07, 6.45) is 2.64. The van der Waals surface area contributed by atoms with Crippen molar-refractivity contribution in [2.45, 2.75) is 30.0 Å². The molecule has 1 aromatic heterocycles. The van der Waals surface area contributed by atoms with Gasteiger partial charge in [-0.2, -0.15) is 5.10 Å². The minimum atomic E-state index is -0.555. The van der Waals surface area contributed by atoms with Gasteiger partial charge in [-0.15, -0.1) is 11.8 Å². The van der Waals surface area contributed by atoms with E-state index in [0.29, 0.717) is 5.56 Å². The maximum absolute atomic E-state index is 14.5. The summed E-state index contributed by atoms with van der Waals surface area (Å²) in [5.74, 6) is -0.293. The molecule has 1 aliphatic rings. The van der Waals surface area contributed by atoms with Gasteiger partial charge in [0, 0.05) is 53.2 Å². The van der Waals surface area contributed by atoms with Crippen LogP contribution in [0.1, 0.15) is 28.5 Å². The predicted molar refractivity (Wildman–Crippen MR) is 112 cm³/mol. The average molecular weight is 416 g/mol. The van der Waals surface area contributed by atoms with E-state index in [1.807, 2.05) is 30.1 Å². The fourth-order valence-electron chi connectivity index (χ4n) is 3.63. The Bertz CT molecular complexity index is 1040. The number of hydrogen-bond donors (Lipinski definition) is 0. The van der Waals surface area contributed by atoms with Gasteiger partial charge in [0.15, 0.2) is 0 Å². The third-order valence-corrected chi connectivity index (χ3v) is 6.80. The van der Waals surface area contributed by atoms with E-state index in [0.717, 1.165) is 53.2 Å². The normalized spacial score (nSPS) is 16.4. The van der Waals surface area contributed by atoms with Gasteiger partial charge in [0.05, 0.1) is 19.0 Å². The molecule has 1 aliphatic heterocycles. The molecule has 152 valence electrons. The molecule has 1 atom stereocenters. The summed E-state index contributed by atoms with van der Waals surface area (Å²) < 4.78 is 35.2. The summed E-state index contributed by atoms with van der Waals surface area (Å²) in [4.78, 5) is 3.32. The minimum absolute atomic E-state index is 0.110. The zero-order chi connectivity index (χ0) is 20.5. The number of methoxy groups -OCH3 is 1. The monoisotopic (exact) mass is 415 g/mol. The first-order valence-corrected chi connectivity index (χ1v) is 10.4. The molecule has 2 heterocycles. The first-order chi connectivity index (χ1) is 14.0. The van der Waals surface area contributed by atoms with Gasteiger partial charge in [-0.3, -0.25) is 4.68 Å². The number of fused-ring (bicyclic) bond motifs is 1. The Hall–Kier alpha value is -2.54. The molecule has 0 aliphatic carbocycles. The molecule has 0 unspecified atom stereocenters. The minimum Gasteiger partial charge on any atom is -0.497 e. The van der Waals surface area contributed by atoms with Gasteiger partial charge in [0.25, 0.3) is 0 Å². The Morgan fingerprint density at radius 1 is 1.21 bits per heavy atom. The Kier molecular flexibility index (Phi) is 5.50.